The summed E-state index contributed by atoms with van der Waals surface area (Å²) in [4.78, 5) is 13.0. The molecule has 2 unspecified atom stereocenters. The second-order valence-electron chi connectivity index (χ2n) is 8.80. The zero-order valence-electron chi connectivity index (χ0n) is 19.1. The van der Waals surface area contributed by atoms with Gasteiger partial charge in [0.15, 0.2) is 0 Å². The summed E-state index contributed by atoms with van der Waals surface area (Å²) in [5, 5.41) is 12.7. The normalized spacial score (nSPS) is 19.1. The van der Waals surface area contributed by atoms with Crippen LogP contribution in [0.2, 0.25) is 0 Å². The molecule has 182 valence electrons. The number of nitrogens with zero attached hydrogens (tertiary/aromatic N) is 1. The Kier molecular flexibility index (Phi) is 7.28. The Morgan fingerprint density at radius 1 is 1.29 bits per heavy atom. The minimum absolute atomic E-state index is 0.133. The number of halogens is 3. The van der Waals surface area contributed by atoms with Crippen LogP contribution in [-0.4, -0.2) is 43.4 Å². The highest BCUT2D eigenvalue weighted by Gasteiger charge is 2.36. The molecule has 5 nitrogen and oxygen atoms in total. The molecule has 1 aliphatic carbocycles. The highest BCUT2D eigenvalue weighted by Crippen LogP contribution is 2.35. The number of aryl methyl sites for hydroxylation is 1. The summed E-state index contributed by atoms with van der Waals surface area (Å²) in [5.74, 6) is -1.59. The Hall–Kier alpha value is -2.84. The number of alkyl halides is 3. The van der Waals surface area contributed by atoms with Gasteiger partial charge in [0.05, 0.1) is 23.8 Å². The van der Waals surface area contributed by atoms with E-state index >= 15 is 0 Å². The lowest BCUT2D eigenvalue weighted by Gasteiger charge is -2.35. The van der Waals surface area contributed by atoms with Crippen LogP contribution in [0.1, 0.15) is 58.4 Å². The Balaban J connectivity index is 1.37. The molecule has 2 N–H and O–H groups in total. The molecule has 2 aliphatic rings. The average Bonchev–Trinajstić information content (AvgIpc) is 2.83. The molecule has 0 saturated carbocycles. The van der Waals surface area contributed by atoms with Crippen LogP contribution in [0.4, 0.5) is 18.9 Å². The van der Waals surface area contributed by atoms with Gasteiger partial charge in [-0.15, -0.1) is 0 Å². The van der Waals surface area contributed by atoms with Crippen molar-refractivity contribution in [3.05, 3.63) is 70.3 Å². The molecule has 1 saturated heterocycles. The van der Waals surface area contributed by atoms with Gasteiger partial charge < -0.3 is 20.1 Å². The third kappa shape index (κ3) is 5.45. The number of carboxylic acid groups (broad SMARTS) is 1. The minimum atomic E-state index is -4.73. The number of carboxylic acids is 1. The van der Waals surface area contributed by atoms with Gasteiger partial charge in [-0.3, -0.25) is 0 Å². The molecule has 1 aliphatic heterocycles. The summed E-state index contributed by atoms with van der Waals surface area (Å²) in [7, 11) is 0. The maximum Gasteiger partial charge on any atom is 0.417 e. The molecule has 2 aromatic rings. The average molecular weight is 475 g/mol. The Morgan fingerprint density at radius 3 is 2.88 bits per heavy atom. The van der Waals surface area contributed by atoms with Crippen LogP contribution >= 0.6 is 0 Å². The SMILES string of the molecule is CC(NCCC1CN(c2ccc(C(=O)O)c(C(F)(F)F)c2)CCO1)c1cccc2c1C=CCC2. The largest absolute Gasteiger partial charge is 0.478 e. The smallest absolute Gasteiger partial charge is 0.417 e. The molecular formula is C26H29F3N2O3. The van der Waals surface area contributed by atoms with Crippen LogP contribution in [0.15, 0.2) is 42.5 Å². The fraction of sp³-hybridized carbons (Fsp3) is 0.423. The van der Waals surface area contributed by atoms with Crippen molar-refractivity contribution in [2.75, 3.05) is 31.1 Å². The Morgan fingerprint density at radius 2 is 2.12 bits per heavy atom. The van der Waals surface area contributed by atoms with Gasteiger partial charge in [-0.25, -0.2) is 4.79 Å². The summed E-state index contributed by atoms with van der Waals surface area (Å²) in [5.41, 5.74) is 2.41. The molecule has 2 atom stereocenters. The quantitative estimate of drug-likeness (QED) is 0.570. The summed E-state index contributed by atoms with van der Waals surface area (Å²) in [6.45, 7) is 4.14. The van der Waals surface area contributed by atoms with E-state index in [1.54, 1.807) is 0 Å². The monoisotopic (exact) mass is 474 g/mol. The zero-order valence-corrected chi connectivity index (χ0v) is 19.1. The molecule has 1 heterocycles. The van der Waals surface area contributed by atoms with E-state index in [1.807, 2.05) is 4.90 Å². The van der Waals surface area contributed by atoms with Gasteiger partial charge in [-0.05, 0) is 67.6 Å². The van der Waals surface area contributed by atoms with Crippen LogP contribution < -0.4 is 10.2 Å². The highest BCUT2D eigenvalue weighted by atomic mass is 19.4. The topological polar surface area (TPSA) is 61.8 Å². The van der Waals surface area contributed by atoms with Gasteiger partial charge in [-0.2, -0.15) is 13.2 Å². The van der Waals surface area contributed by atoms with Crippen LogP contribution in [-0.2, 0) is 17.3 Å². The molecule has 34 heavy (non-hydrogen) atoms. The third-order valence-electron chi connectivity index (χ3n) is 6.52. The van der Waals surface area contributed by atoms with Gasteiger partial charge in [0, 0.05) is 24.8 Å². The molecule has 0 radical (unpaired) electrons. The number of benzene rings is 2. The maximum absolute atomic E-state index is 13.4. The lowest BCUT2D eigenvalue weighted by Crippen LogP contribution is -2.43. The van der Waals surface area contributed by atoms with Crippen LogP contribution in [0.5, 0.6) is 0 Å². The van der Waals surface area contributed by atoms with Crippen molar-refractivity contribution in [3.63, 3.8) is 0 Å². The van der Waals surface area contributed by atoms with Crippen molar-refractivity contribution in [2.24, 2.45) is 0 Å². The second kappa shape index (κ2) is 10.2. The van der Waals surface area contributed by atoms with Crippen molar-refractivity contribution >= 4 is 17.7 Å². The molecular weight excluding hydrogens is 445 g/mol. The number of rotatable bonds is 7. The fourth-order valence-electron chi connectivity index (χ4n) is 4.72. The van der Waals surface area contributed by atoms with E-state index in [0.29, 0.717) is 38.3 Å². The first-order valence-corrected chi connectivity index (χ1v) is 11.6. The lowest BCUT2D eigenvalue weighted by atomic mass is 9.90. The number of fused-ring (bicyclic) bond motifs is 1. The minimum Gasteiger partial charge on any atom is -0.478 e. The predicted molar refractivity (Wildman–Crippen MR) is 125 cm³/mol. The molecule has 4 rings (SSSR count). The highest BCUT2D eigenvalue weighted by molar-refractivity contribution is 5.90. The molecule has 1 fully saturated rings. The van der Waals surface area contributed by atoms with E-state index in [0.717, 1.165) is 25.0 Å². The molecule has 0 aromatic heterocycles. The summed E-state index contributed by atoms with van der Waals surface area (Å²) >= 11 is 0. The summed E-state index contributed by atoms with van der Waals surface area (Å²) < 4.78 is 46.1. The second-order valence-corrected chi connectivity index (χ2v) is 8.80. The zero-order chi connectivity index (χ0) is 24.3. The standard InChI is InChI=1S/C26H29F3N2O3/c1-17(21-8-4-6-18-5-2-3-7-22(18)21)30-12-11-20-16-31(13-14-34-20)19-9-10-23(25(32)33)24(15-19)26(27,28)29/h3-4,6-10,15,17,20,30H,2,5,11-14,16H2,1H3,(H,32,33). The number of anilines is 1. The van der Waals surface area contributed by atoms with Crippen molar-refractivity contribution in [3.8, 4) is 0 Å². The van der Waals surface area contributed by atoms with E-state index in [9.17, 15) is 18.0 Å². The number of allylic oxidation sites excluding steroid dienone is 1. The van der Waals surface area contributed by atoms with Gasteiger partial charge in [0.2, 0.25) is 0 Å². The number of carbonyl (C=O) groups is 1. The van der Waals surface area contributed by atoms with Crippen LogP contribution in [0, 0.1) is 0 Å². The maximum atomic E-state index is 13.4. The van der Waals surface area contributed by atoms with Gasteiger partial charge in [-0.1, -0.05) is 30.4 Å². The first-order chi connectivity index (χ1) is 16.2. The van der Waals surface area contributed by atoms with Crippen molar-refractivity contribution in [1.82, 2.24) is 5.32 Å². The number of hydrogen-bond donors (Lipinski definition) is 2. The number of morpholine rings is 1. The molecule has 8 heteroatoms. The first-order valence-electron chi connectivity index (χ1n) is 11.6. The molecule has 0 amide bonds. The first kappa shape index (κ1) is 24.3. The number of aromatic carboxylic acids is 1. The Bertz CT molecular complexity index is 1070. The van der Waals surface area contributed by atoms with Crippen LogP contribution in [0.3, 0.4) is 0 Å². The molecule has 2 aromatic carbocycles. The van der Waals surface area contributed by atoms with Gasteiger partial charge in [0.25, 0.3) is 0 Å². The number of ether oxygens (including phenoxy) is 1. The van der Waals surface area contributed by atoms with Gasteiger partial charge in [0.1, 0.15) is 0 Å². The lowest BCUT2D eigenvalue weighted by molar-refractivity contribution is -0.138. The van der Waals surface area contributed by atoms with Gasteiger partial charge >= 0.3 is 12.1 Å². The van der Waals surface area contributed by atoms with E-state index in [4.69, 9.17) is 9.84 Å². The fourth-order valence-corrected chi connectivity index (χ4v) is 4.72. The molecule has 0 bridgehead atoms. The van der Waals surface area contributed by atoms with Crippen molar-refractivity contribution < 1.29 is 27.8 Å². The van der Waals surface area contributed by atoms with E-state index in [2.05, 4.69) is 42.6 Å². The number of nitrogens with one attached hydrogen (secondary N) is 1. The third-order valence-corrected chi connectivity index (χ3v) is 6.52. The molecule has 0 spiro atoms. The number of hydrogen-bond acceptors (Lipinski definition) is 4. The van der Waals surface area contributed by atoms with E-state index in [-0.39, 0.29) is 12.1 Å². The van der Waals surface area contributed by atoms with E-state index < -0.39 is 23.3 Å². The Labute approximate surface area is 197 Å². The van der Waals surface area contributed by atoms with Crippen molar-refractivity contribution in [2.45, 2.75) is 44.5 Å². The summed E-state index contributed by atoms with van der Waals surface area (Å²) in [6.07, 6.45) is 2.37. The summed E-state index contributed by atoms with van der Waals surface area (Å²) in [6, 6.07) is 9.97. The van der Waals surface area contributed by atoms with Crippen molar-refractivity contribution in [1.29, 1.82) is 0 Å². The van der Waals surface area contributed by atoms with E-state index in [1.165, 1.54) is 22.8 Å². The predicted octanol–water partition coefficient (Wildman–Crippen LogP) is 5.31. The van der Waals surface area contributed by atoms with Crippen LogP contribution in [0.25, 0.3) is 6.08 Å².